The quantitative estimate of drug-likeness (QED) is 0.502. The lowest BCUT2D eigenvalue weighted by Gasteiger charge is -2.35. The van der Waals surface area contributed by atoms with Crippen molar-refractivity contribution in [1.82, 2.24) is 30.3 Å². The van der Waals surface area contributed by atoms with Gasteiger partial charge in [0.15, 0.2) is 0 Å². The maximum Gasteiger partial charge on any atom is 0.272 e. The van der Waals surface area contributed by atoms with Crippen LogP contribution in [0.15, 0.2) is 59.1 Å². The summed E-state index contributed by atoms with van der Waals surface area (Å²) >= 11 is 0. The molecule has 1 aromatic carbocycles. The number of nitrogens with zero attached hydrogens (tertiary/aromatic N) is 6. The predicted octanol–water partition coefficient (Wildman–Crippen LogP) is 3.61. The van der Waals surface area contributed by atoms with Gasteiger partial charge in [0.05, 0.1) is 11.3 Å². The second kappa shape index (κ2) is 8.85. The van der Waals surface area contributed by atoms with Crippen LogP contribution in [0.2, 0.25) is 0 Å². The van der Waals surface area contributed by atoms with E-state index in [1.807, 2.05) is 67.3 Å². The first-order chi connectivity index (χ1) is 16.1. The van der Waals surface area contributed by atoms with Gasteiger partial charge in [-0.1, -0.05) is 44.2 Å². The van der Waals surface area contributed by atoms with Gasteiger partial charge in [0.1, 0.15) is 11.5 Å². The number of anilines is 1. The van der Waals surface area contributed by atoms with Crippen LogP contribution in [0, 0.1) is 0 Å². The molecular formula is C24H25N7O2. The molecule has 0 bridgehead atoms. The Balaban J connectivity index is 1.28. The molecule has 33 heavy (non-hydrogen) atoms. The second-order valence-corrected chi connectivity index (χ2v) is 8.29. The van der Waals surface area contributed by atoms with Crippen LogP contribution in [-0.2, 0) is 0 Å². The molecule has 9 heteroatoms. The van der Waals surface area contributed by atoms with Gasteiger partial charge in [0.2, 0.25) is 5.89 Å². The zero-order chi connectivity index (χ0) is 22.8. The SMILES string of the molecule is CC(C)c1nnc(-c2cccnc2N2CCN(C(=O)c3cc(-c4ccccc4)n[nH]3)CC2)o1. The van der Waals surface area contributed by atoms with Gasteiger partial charge in [-0.25, -0.2) is 4.98 Å². The van der Waals surface area contributed by atoms with Gasteiger partial charge in [0.25, 0.3) is 11.8 Å². The minimum Gasteiger partial charge on any atom is -0.420 e. The molecule has 0 spiro atoms. The number of rotatable bonds is 5. The summed E-state index contributed by atoms with van der Waals surface area (Å²) in [5.74, 6) is 1.96. The van der Waals surface area contributed by atoms with E-state index in [1.54, 1.807) is 6.20 Å². The molecule has 1 fully saturated rings. The van der Waals surface area contributed by atoms with Crippen LogP contribution in [0.1, 0.15) is 36.1 Å². The summed E-state index contributed by atoms with van der Waals surface area (Å²) in [6.07, 6.45) is 1.76. The second-order valence-electron chi connectivity index (χ2n) is 8.29. The van der Waals surface area contributed by atoms with E-state index in [-0.39, 0.29) is 11.8 Å². The van der Waals surface area contributed by atoms with Gasteiger partial charge in [-0.3, -0.25) is 9.89 Å². The monoisotopic (exact) mass is 443 g/mol. The predicted molar refractivity (Wildman–Crippen MR) is 124 cm³/mol. The number of carbonyl (C=O) groups excluding carboxylic acids is 1. The molecule has 168 valence electrons. The summed E-state index contributed by atoms with van der Waals surface area (Å²) < 4.78 is 5.85. The highest BCUT2D eigenvalue weighted by Gasteiger charge is 2.26. The highest BCUT2D eigenvalue weighted by atomic mass is 16.4. The third-order valence-electron chi connectivity index (χ3n) is 5.70. The van der Waals surface area contributed by atoms with Crippen molar-refractivity contribution < 1.29 is 9.21 Å². The largest absolute Gasteiger partial charge is 0.420 e. The van der Waals surface area contributed by atoms with Crippen LogP contribution in [0.3, 0.4) is 0 Å². The minimum absolute atomic E-state index is 0.0518. The summed E-state index contributed by atoms with van der Waals surface area (Å²) in [5.41, 5.74) is 3.03. The maximum absolute atomic E-state index is 13.0. The summed E-state index contributed by atoms with van der Waals surface area (Å²) in [4.78, 5) is 21.6. The summed E-state index contributed by atoms with van der Waals surface area (Å²) in [6.45, 7) is 6.49. The normalized spacial score (nSPS) is 14.2. The van der Waals surface area contributed by atoms with E-state index in [4.69, 9.17) is 4.42 Å². The van der Waals surface area contributed by atoms with E-state index in [0.29, 0.717) is 43.7 Å². The van der Waals surface area contributed by atoms with Gasteiger partial charge in [0, 0.05) is 43.9 Å². The van der Waals surface area contributed by atoms with Gasteiger partial charge >= 0.3 is 0 Å². The van der Waals surface area contributed by atoms with Gasteiger partial charge in [-0.05, 0) is 18.2 Å². The van der Waals surface area contributed by atoms with E-state index in [2.05, 4.69) is 30.3 Å². The highest BCUT2D eigenvalue weighted by molar-refractivity contribution is 5.93. The molecule has 0 aliphatic carbocycles. The fourth-order valence-electron chi connectivity index (χ4n) is 3.87. The molecule has 0 atom stereocenters. The van der Waals surface area contributed by atoms with Crippen LogP contribution in [0.5, 0.6) is 0 Å². The molecule has 1 amide bonds. The van der Waals surface area contributed by atoms with Crippen LogP contribution >= 0.6 is 0 Å². The van der Waals surface area contributed by atoms with Crippen molar-refractivity contribution in [2.75, 3.05) is 31.1 Å². The van der Waals surface area contributed by atoms with Crippen molar-refractivity contribution in [2.45, 2.75) is 19.8 Å². The van der Waals surface area contributed by atoms with Crippen molar-refractivity contribution >= 4 is 11.7 Å². The Kier molecular flexibility index (Phi) is 5.60. The van der Waals surface area contributed by atoms with Crippen LogP contribution in [0.25, 0.3) is 22.7 Å². The number of amides is 1. The van der Waals surface area contributed by atoms with E-state index >= 15 is 0 Å². The first-order valence-corrected chi connectivity index (χ1v) is 11.0. The van der Waals surface area contributed by atoms with E-state index in [1.165, 1.54) is 0 Å². The molecule has 1 saturated heterocycles. The number of carbonyl (C=O) groups is 1. The number of benzene rings is 1. The average molecular weight is 444 g/mol. The van der Waals surface area contributed by atoms with Gasteiger partial charge in [-0.15, -0.1) is 10.2 Å². The molecule has 1 N–H and O–H groups in total. The van der Waals surface area contributed by atoms with E-state index < -0.39 is 0 Å². The number of piperazine rings is 1. The van der Waals surface area contributed by atoms with Crippen LogP contribution in [0.4, 0.5) is 5.82 Å². The molecule has 0 radical (unpaired) electrons. The standard InChI is InChI=1S/C24H25N7O2/c1-16(2)22-28-29-23(33-22)18-9-6-10-25-21(18)30-11-13-31(14-12-30)24(32)20-15-19(26-27-20)17-7-4-3-5-8-17/h3-10,15-16H,11-14H2,1-2H3,(H,26,27). The van der Waals surface area contributed by atoms with E-state index in [0.717, 1.165) is 22.6 Å². The number of nitrogens with one attached hydrogen (secondary N) is 1. The first kappa shape index (κ1) is 20.9. The van der Waals surface area contributed by atoms with E-state index in [9.17, 15) is 4.79 Å². The first-order valence-electron chi connectivity index (χ1n) is 11.0. The summed E-state index contributed by atoms with van der Waals surface area (Å²) in [7, 11) is 0. The number of pyridine rings is 1. The smallest absolute Gasteiger partial charge is 0.272 e. The third-order valence-corrected chi connectivity index (χ3v) is 5.70. The van der Waals surface area contributed by atoms with Crippen molar-refractivity contribution in [3.8, 4) is 22.7 Å². The molecule has 3 aromatic heterocycles. The maximum atomic E-state index is 13.0. The van der Waals surface area contributed by atoms with Crippen LogP contribution in [-0.4, -0.2) is 62.4 Å². The number of H-pyrrole nitrogens is 1. The van der Waals surface area contributed by atoms with Gasteiger partial charge in [-0.2, -0.15) is 5.10 Å². The molecule has 1 aliphatic heterocycles. The Morgan fingerprint density at radius 3 is 2.55 bits per heavy atom. The van der Waals surface area contributed by atoms with Gasteiger partial charge < -0.3 is 14.2 Å². The molecular weight excluding hydrogens is 418 g/mol. The van der Waals surface area contributed by atoms with Crippen molar-refractivity contribution in [3.63, 3.8) is 0 Å². The molecule has 4 aromatic rings. The van der Waals surface area contributed by atoms with Crippen molar-refractivity contribution in [3.05, 3.63) is 66.3 Å². The molecule has 0 saturated carbocycles. The minimum atomic E-state index is -0.0518. The summed E-state index contributed by atoms with van der Waals surface area (Å²) in [6, 6.07) is 15.4. The van der Waals surface area contributed by atoms with Crippen molar-refractivity contribution in [1.29, 1.82) is 0 Å². The lowest BCUT2D eigenvalue weighted by atomic mass is 10.1. The number of hydrogen-bond acceptors (Lipinski definition) is 7. The lowest BCUT2D eigenvalue weighted by Crippen LogP contribution is -2.49. The average Bonchev–Trinajstić information content (AvgIpc) is 3.55. The highest BCUT2D eigenvalue weighted by Crippen LogP contribution is 2.30. The topological polar surface area (TPSA) is 104 Å². The zero-order valence-electron chi connectivity index (χ0n) is 18.6. The Morgan fingerprint density at radius 2 is 1.82 bits per heavy atom. The van der Waals surface area contributed by atoms with Crippen molar-refractivity contribution in [2.24, 2.45) is 0 Å². The molecule has 4 heterocycles. The fourth-order valence-corrected chi connectivity index (χ4v) is 3.87. The van der Waals surface area contributed by atoms with Crippen LogP contribution < -0.4 is 4.90 Å². The Hall–Kier alpha value is -4.01. The molecule has 9 nitrogen and oxygen atoms in total. The fraction of sp³-hybridized carbons (Fsp3) is 0.292. The number of hydrogen-bond donors (Lipinski definition) is 1. The Labute approximate surface area is 191 Å². The number of aromatic amines is 1. The summed E-state index contributed by atoms with van der Waals surface area (Å²) in [5, 5.41) is 15.6. The molecule has 1 aliphatic rings. The molecule has 0 unspecified atom stereocenters. The molecule has 5 rings (SSSR count). The lowest BCUT2D eigenvalue weighted by molar-refractivity contribution is 0.0740. The zero-order valence-corrected chi connectivity index (χ0v) is 18.6. The Morgan fingerprint density at radius 1 is 1.03 bits per heavy atom. The number of aromatic nitrogens is 5. The Bertz CT molecular complexity index is 1240. The third kappa shape index (κ3) is 4.21.